The first-order valence-corrected chi connectivity index (χ1v) is 6.87. The third-order valence-corrected chi connectivity index (χ3v) is 3.59. The summed E-state index contributed by atoms with van der Waals surface area (Å²) in [6.45, 7) is 1.12. The number of carbonyl (C=O) groups excluding carboxylic acids is 1. The molecule has 0 N–H and O–H groups in total. The van der Waals surface area contributed by atoms with Crippen LogP contribution in [0.1, 0.15) is 36.0 Å². The molecule has 1 aromatic rings. The number of carbonyl (C=O) groups is 1. The van der Waals surface area contributed by atoms with Gasteiger partial charge in [-0.2, -0.15) is 5.26 Å². The Kier molecular flexibility index (Phi) is 4.70. The molecule has 0 saturated heterocycles. The highest BCUT2D eigenvalue weighted by molar-refractivity contribution is 5.82. The van der Waals surface area contributed by atoms with Gasteiger partial charge in [-0.25, -0.2) is 0 Å². The Morgan fingerprint density at radius 3 is 2.79 bits per heavy atom. The molecule has 3 nitrogen and oxygen atoms in total. The van der Waals surface area contributed by atoms with Gasteiger partial charge in [-0.1, -0.05) is 18.2 Å². The molecule has 0 radical (unpaired) electrons. The molecule has 1 aromatic carbocycles. The average Bonchev–Trinajstić information content (AvgIpc) is 2.38. The summed E-state index contributed by atoms with van der Waals surface area (Å²) in [5.41, 5.74) is 4.21. The van der Waals surface area contributed by atoms with Crippen LogP contribution in [0.25, 0.3) is 0 Å². The molecular weight excluding hydrogens is 236 g/mol. The van der Waals surface area contributed by atoms with Crippen LogP contribution in [0.4, 0.5) is 0 Å². The van der Waals surface area contributed by atoms with Gasteiger partial charge < -0.3 is 0 Å². The minimum atomic E-state index is -0.0111. The van der Waals surface area contributed by atoms with Gasteiger partial charge >= 0.3 is 0 Å². The number of likely N-dealkylation sites (N-methyl/N-ethyl adjacent to an activating group) is 1. The summed E-state index contributed by atoms with van der Waals surface area (Å²) in [4.78, 5) is 13.4. The Bertz CT molecular complexity index is 502. The van der Waals surface area contributed by atoms with E-state index in [1.165, 1.54) is 42.4 Å². The summed E-state index contributed by atoms with van der Waals surface area (Å²) in [5, 5.41) is 8.48. The van der Waals surface area contributed by atoms with Crippen molar-refractivity contribution in [3.8, 4) is 6.07 Å². The Morgan fingerprint density at radius 1 is 1.32 bits per heavy atom. The van der Waals surface area contributed by atoms with E-state index in [2.05, 4.69) is 18.2 Å². The number of nitrogens with zero attached hydrogens (tertiary/aromatic N) is 2. The molecule has 0 bridgehead atoms. The van der Waals surface area contributed by atoms with E-state index in [0.29, 0.717) is 6.54 Å². The maximum Gasteiger partial charge on any atom is 0.160 e. The van der Waals surface area contributed by atoms with Crippen molar-refractivity contribution in [3.05, 3.63) is 34.9 Å². The van der Waals surface area contributed by atoms with E-state index in [4.69, 9.17) is 5.26 Å². The monoisotopic (exact) mass is 256 g/mol. The first-order valence-electron chi connectivity index (χ1n) is 6.87. The number of rotatable bonds is 5. The third kappa shape index (κ3) is 3.90. The largest absolute Gasteiger partial charge is 0.297 e. The minimum absolute atomic E-state index is 0.00846. The van der Waals surface area contributed by atoms with E-state index in [1.54, 1.807) is 0 Å². The number of nitriles is 1. The van der Waals surface area contributed by atoms with Crippen LogP contribution in [-0.2, 0) is 24.2 Å². The Balaban J connectivity index is 1.95. The molecule has 0 aromatic heterocycles. The fourth-order valence-electron chi connectivity index (χ4n) is 2.70. The highest BCUT2D eigenvalue weighted by Crippen LogP contribution is 2.22. The number of Topliss-reactive ketones (excluding diaryl/α,β-unsaturated/α-hetero) is 1. The van der Waals surface area contributed by atoms with Gasteiger partial charge in [0.2, 0.25) is 0 Å². The van der Waals surface area contributed by atoms with Crippen molar-refractivity contribution in [2.45, 2.75) is 38.6 Å². The predicted molar refractivity (Wildman–Crippen MR) is 74.7 cm³/mol. The predicted octanol–water partition coefficient (Wildman–Crippen LogP) is 2.48. The molecule has 0 heterocycles. The van der Waals surface area contributed by atoms with Crippen molar-refractivity contribution in [2.24, 2.45) is 0 Å². The van der Waals surface area contributed by atoms with Crippen LogP contribution in [0, 0.1) is 11.3 Å². The summed E-state index contributed by atoms with van der Waals surface area (Å²) < 4.78 is 0. The lowest BCUT2D eigenvalue weighted by Crippen LogP contribution is -2.25. The van der Waals surface area contributed by atoms with E-state index >= 15 is 0 Å². The van der Waals surface area contributed by atoms with E-state index in [9.17, 15) is 4.79 Å². The lowest BCUT2D eigenvalue weighted by atomic mass is 9.90. The van der Waals surface area contributed by atoms with E-state index in [1.807, 2.05) is 18.0 Å². The Hall–Kier alpha value is -1.66. The fourth-order valence-corrected chi connectivity index (χ4v) is 2.70. The van der Waals surface area contributed by atoms with Gasteiger partial charge in [0.05, 0.1) is 19.0 Å². The number of aryl methyl sites for hydroxylation is 2. The van der Waals surface area contributed by atoms with E-state index in [-0.39, 0.29) is 12.2 Å². The maximum atomic E-state index is 11.4. The summed E-state index contributed by atoms with van der Waals surface area (Å²) in [6, 6.07) is 8.57. The summed E-state index contributed by atoms with van der Waals surface area (Å²) in [6.07, 6.45) is 4.97. The quantitative estimate of drug-likeness (QED) is 0.813. The van der Waals surface area contributed by atoms with Gasteiger partial charge in [-0.05, 0) is 49.4 Å². The lowest BCUT2D eigenvalue weighted by Gasteiger charge is -2.19. The molecule has 19 heavy (non-hydrogen) atoms. The maximum absolute atomic E-state index is 11.4. The zero-order chi connectivity index (χ0) is 13.7. The molecule has 1 aliphatic carbocycles. The minimum Gasteiger partial charge on any atom is -0.297 e. The zero-order valence-corrected chi connectivity index (χ0v) is 11.5. The second-order valence-electron chi connectivity index (χ2n) is 5.36. The summed E-state index contributed by atoms with van der Waals surface area (Å²) in [5.74, 6) is -0.0111. The van der Waals surface area contributed by atoms with Gasteiger partial charge in [-0.15, -0.1) is 0 Å². The van der Waals surface area contributed by atoms with Gasteiger partial charge in [0.1, 0.15) is 0 Å². The van der Waals surface area contributed by atoms with Crippen LogP contribution >= 0.6 is 0 Å². The van der Waals surface area contributed by atoms with Crippen molar-refractivity contribution in [2.75, 3.05) is 13.6 Å². The van der Waals surface area contributed by atoms with Gasteiger partial charge in [0.25, 0.3) is 0 Å². The molecule has 0 amide bonds. The molecule has 0 unspecified atom stereocenters. The number of ketones is 1. The van der Waals surface area contributed by atoms with E-state index < -0.39 is 0 Å². The molecule has 0 atom stereocenters. The Labute approximate surface area is 114 Å². The van der Waals surface area contributed by atoms with Crippen LogP contribution in [0.5, 0.6) is 0 Å². The number of hydrogen-bond acceptors (Lipinski definition) is 3. The topological polar surface area (TPSA) is 44.1 Å². The second-order valence-corrected chi connectivity index (χ2v) is 5.36. The Morgan fingerprint density at radius 2 is 2.05 bits per heavy atom. The smallest absolute Gasteiger partial charge is 0.160 e. The van der Waals surface area contributed by atoms with Crippen LogP contribution in [0.3, 0.4) is 0 Å². The highest BCUT2D eigenvalue weighted by atomic mass is 16.1. The first kappa shape index (κ1) is 13.8. The van der Waals surface area contributed by atoms with Gasteiger partial charge in [0.15, 0.2) is 5.78 Å². The second kappa shape index (κ2) is 6.49. The van der Waals surface area contributed by atoms with Crippen LogP contribution in [-0.4, -0.2) is 24.3 Å². The van der Waals surface area contributed by atoms with E-state index in [0.717, 1.165) is 6.54 Å². The number of fused-ring (bicyclic) bond motifs is 1. The number of benzene rings is 1. The summed E-state index contributed by atoms with van der Waals surface area (Å²) >= 11 is 0. The molecule has 0 fully saturated rings. The molecule has 0 spiro atoms. The summed E-state index contributed by atoms with van der Waals surface area (Å²) in [7, 11) is 1.93. The van der Waals surface area contributed by atoms with Crippen molar-refractivity contribution in [1.29, 1.82) is 5.26 Å². The zero-order valence-electron chi connectivity index (χ0n) is 11.5. The van der Waals surface area contributed by atoms with Gasteiger partial charge in [-0.3, -0.25) is 9.69 Å². The fraction of sp³-hybridized carbons (Fsp3) is 0.500. The van der Waals surface area contributed by atoms with Crippen molar-refractivity contribution < 1.29 is 4.79 Å². The van der Waals surface area contributed by atoms with Crippen molar-refractivity contribution in [1.82, 2.24) is 4.90 Å². The standard InChI is InChI=1S/C16H20N2O/c1-18(12-16(19)8-9-17)11-13-6-7-14-4-2-3-5-15(14)10-13/h6-7,10H,2-5,8,11-12H2,1H3. The average molecular weight is 256 g/mol. The first-order chi connectivity index (χ1) is 9.19. The molecule has 100 valence electrons. The molecule has 0 saturated carbocycles. The molecular formula is C16H20N2O. The molecule has 0 aliphatic heterocycles. The van der Waals surface area contributed by atoms with Gasteiger partial charge in [0, 0.05) is 6.54 Å². The van der Waals surface area contributed by atoms with Crippen LogP contribution < -0.4 is 0 Å². The van der Waals surface area contributed by atoms with Crippen LogP contribution in [0.15, 0.2) is 18.2 Å². The highest BCUT2D eigenvalue weighted by Gasteiger charge is 2.11. The molecule has 3 heteroatoms. The van der Waals surface area contributed by atoms with Crippen LogP contribution in [0.2, 0.25) is 0 Å². The van der Waals surface area contributed by atoms with Crippen molar-refractivity contribution >= 4 is 5.78 Å². The third-order valence-electron chi connectivity index (χ3n) is 3.59. The lowest BCUT2D eigenvalue weighted by molar-refractivity contribution is -0.119. The normalized spacial score (nSPS) is 13.9. The number of hydrogen-bond donors (Lipinski definition) is 0. The van der Waals surface area contributed by atoms with Crippen molar-refractivity contribution in [3.63, 3.8) is 0 Å². The SMILES string of the molecule is CN(CC(=O)CC#N)Cc1ccc2c(c1)CCCC2. The molecule has 1 aliphatic rings. The molecule has 2 rings (SSSR count).